The lowest BCUT2D eigenvalue weighted by Gasteiger charge is -2.15. The lowest BCUT2D eigenvalue weighted by atomic mass is 10.1. The van der Waals surface area contributed by atoms with Crippen LogP contribution in [0.25, 0.3) is 16.9 Å². The van der Waals surface area contributed by atoms with E-state index < -0.39 is 0 Å². The number of aryl methyl sites for hydroxylation is 1. The summed E-state index contributed by atoms with van der Waals surface area (Å²) in [6.45, 7) is 4.70. The topological polar surface area (TPSA) is 100 Å². The van der Waals surface area contributed by atoms with Crippen LogP contribution in [0, 0.1) is 0 Å². The molecular formula is C23H27N7O. The molecule has 0 saturated carbocycles. The van der Waals surface area contributed by atoms with Gasteiger partial charge in [0, 0.05) is 23.9 Å². The minimum absolute atomic E-state index is 0.0241. The molecule has 8 nitrogen and oxygen atoms in total. The Labute approximate surface area is 181 Å². The Morgan fingerprint density at radius 2 is 1.90 bits per heavy atom. The molecule has 4 rings (SSSR count). The highest BCUT2D eigenvalue weighted by molar-refractivity contribution is 5.59. The summed E-state index contributed by atoms with van der Waals surface area (Å²) in [5, 5.41) is 20.6. The Morgan fingerprint density at radius 3 is 2.58 bits per heavy atom. The maximum atomic E-state index is 9.53. The summed E-state index contributed by atoms with van der Waals surface area (Å²) in [7, 11) is 0. The van der Waals surface area contributed by atoms with Gasteiger partial charge in [0.05, 0.1) is 24.5 Å². The van der Waals surface area contributed by atoms with Crippen LogP contribution < -0.4 is 10.6 Å². The fourth-order valence-electron chi connectivity index (χ4n) is 3.32. The van der Waals surface area contributed by atoms with Gasteiger partial charge in [-0.3, -0.25) is 4.98 Å². The molecule has 3 heterocycles. The minimum atomic E-state index is -0.0950. The molecule has 0 aliphatic carbocycles. The Morgan fingerprint density at radius 1 is 1.06 bits per heavy atom. The quantitative estimate of drug-likeness (QED) is 0.383. The fourth-order valence-corrected chi connectivity index (χ4v) is 3.32. The van der Waals surface area contributed by atoms with E-state index in [1.165, 1.54) is 0 Å². The van der Waals surface area contributed by atoms with E-state index in [0.29, 0.717) is 18.4 Å². The molecule has 4 aromatic rings. The number of aliphatic hydroxyl groups is 1. The van der Waals surface area contributed by atoms with Gasteiger partial charge in [-0.15, -0.1) is 0 Å². The van der Waals surface area contributed by atoms with Gasteiger partial charge in [0.1, 0.15) is 0 Å². The van der Waals surface area contributed by atoms with Gasteiger partial charge in [-0.1, -0.05) is 44.2 Å². The lowest BCUT2D eigenvalue weighted by Crippen LogP contribution is -2.24. The highest BCUT2D eigenvalue weighted by Gasteiger charge is 2.14. The Bertz CT molecular complexity index is 1120. The van der Waals surface area contributed by atoms with Crippen molar-refractivity contribution < 1.29 is 5.11 Å². The van der Waals surface area contributed by atoms with Crippen molar-refractivity contribution in [1.29, 1.82) is 0 Å². The largest absolute Gasteiger partial charge is 0.394 e. The molecule has 0 fully saturated rings. The predicted molar refractivity (Wildman–Crippen MR) is 122 cm³/mol. The molecule has 160 valence electrons. The van der Waals surface area contributed by atoms with E-state index in [2.05, 4.69) is 61.9 Å². The first-order chi connectivity index (χ1) is 15.2. The molecule has 0 spiro atoms. The summed E-state index contributed by atoms with van der Waals surface area (Å²) in [5.41, 5.74) is 4.96. The number of fused-ring (bicyclic) bond motifs is 1. The van der Waals surface area contributed by atoms with Gasteiger partial charge in [-0.25, -0.2) is 0 Å². The second kappa shape index (κ2) is 9.53. The maximum Gasteiger partial charge on any atom is 0.229 e. The molecule has 0 amide bonds. The van der Waals surface area contributed by atoms with E-state index in [1.807, 2.05) is 31.3 Å². The van der Waals surface area contributed by atoms with Crippen LogP contribution in [0.4, 0.5) is 11.9 Å². The SMILES string of the molecule is CCc1cnn2c(NCc3ccc(-c4ccccn4)cc3)nc(N[C@@H](CC)CO)nc12. The molecule has 1 atom stereocenters. The van der Waals surface area contributed by atoms with E-state index in [1.54, 1.807) is 10.7 Å². The molecule has 0 bridgehead atoms. The maximum absolute atomic E-state index is 9.53. The summed E-state index contributed by atoms with van der Waals surface area (Å²) in [4.78, 5) is 13.6. The first-order valence-electron chi connectivity index (χ1n) is 10.6. The van der Waals surface area contributed by atoms with Gasteiger partial charge in [-0.2, -0.15) is 19.6 Å². The van der Waals surface area contributed by atoms with Crippen LogP contribution in [0.15, 0.2) is 54.9 Å². The van der Waals surface area contributed by atoms with Gasteiger partial charge < -0.3 is 15.7 Å². The first-order valence-corrected chi connectivity index (χ1v) is 10.6. The molecule has 8 heteroatoms. The number of nitrogens with zero attached hydrogens (tertiary/aromatic N) is 5. The Kier molecular flexibility index (Phi) is 6.37. The average Bonchev–Trinajstić information content (AvgIpc) is 3.25. The van der Waals surface area contributed by atoms with Crippen molar-refractivity contribution in [2.75, 3.05) is 17.2 Å². The number of nitrogens with one attached hydrogen (secondary N) is 2. The van der Waals surface area contributed by atoms with Crippen LogP contribution in [0.3, 0.4) is 0 Å². The number of hydrogen-bond acceptors (Lipinski definition) is 7. The van der Waals surface area contributed by atoms with Gasteiger partial charge in [0.25, 0.3) is 0 Å². The third kappa shape index (κ3) is 4.64. The van der Waals surface area contributed by atoms with Crippen molar-refractivity contribution >= 4 is 17.5 Å². The number of rotatable bonds is 9. The first kappa shape index (κ1) is 20.7. The molecule has 3 N–H and O–H groups in total. The van der Waals surface area contributed by atoms with Gasteiger partial charge in [-0.05, 0) is 30.5 Å². The van der Waals surface area contributed by atoms with Crippen molar-refractivity contribution in [2.24, 2.45) is 0 Å². The lowest BCUT2D eigenvalue weighted by molar-refractivity contribution is 0.271. The van der Waals surface area contributed by atoms with Crippen LogP contribution in [0.1, 0.15) is 31.4 Å². The molecule has 1 aromatic carbocycles. The zero-order valence-electron chi connectivity index (χ0n) is 17.8. The van der Waals surface area contributed by atoms with Crippen LogP contribution in [0.2, 0.25) is 0 Å². The van der Waals surface area contributed by atoms with Gasteiger partial charge in [0.15, 0.2) is 5.65 Å². The molecule has 31 heavy (non-hydrogen) atoms. The van der Waals surface area contributed by atoms with E-state index >= 15 is 0 Å². The third-order valence-electron chi connectivity index (χ3n) is 5.23. The summed E-state index contributed by atoms with van der Waals surface area (Å²) >= 11 is 0. The number of pyridine rings is 1. The number of benzene rings is 1. The Balaban J connectivity index is 1.56. The van der Waals surface area contributed by atoms with Crippen molar-refractivity contribution in [2.45, 2.75) is 39.3 Å². The molecule has 0 aliphatic heterocycles. The summed E-state index contributed by atoms with van der Waals surface area (Å²) < 4.78 is 1.73. The Hall–Kier alpha value is -3.52. The monoisotopic (exact) mass is 417 g/mol. The fraction of sp³-hybridized carbons (Fsp3) is 0.304. The number of anilines is 2. The van der Waals surface area contributed by atoms with Crippen LogP contribution in [-0.4, -0.2) is 42.3 Å². The van der Waals surface area contributed by atoms with Crippen molar-refractivity contribution in [3.8, 4) is 11.3 Å². The summed E-state index contributed by atoms with van der Waals surface area (Å²) in [6.07, 6.45) is 5.22. The van der Waals surface area contributed by atoms with E-state index in [9.17, 15) is 5.11 Å². The second-order valence-electron chi connectivity index (χ2n) is 7.33. The smallest absolute Gasteiger partial charge is 0.229 e. The normalized spacial score (nSPS) is 12.1. The molecule has 0 radical (unpaired) electrons. The zero-order valence-corrected chi connectivity index (χ0v) is 17.8. The number of aliphatic hydroxyl groups excluding tert-OH is 1. The third-order valence-corrected chi connectivity index (χ3v) is 5.23. The summed E-state index contributed by atoms with van der Waals surface area (Å²) in [6, 6.07) is 14.1. The highest BCUT2D eigenvalue weighted by Crippen LogP contribution is 2.19. The number of aromatic nitrogens is 5. The van der Waals surface area contributed by atoms with Gasteiger partial charge >= 0.3 is 0 Å². The zero-order chi connectivity index (χ0) is 21.6. The molecule has 0 aliphatic rings. The summed E-state index contributed by atoms with van der Waals surface area (Å²) in [5.74, 6) is 1.09. The number of hydrogen-bond donors (Lipinski definition) is 3. The average molecular weight is 418 g/mol. The van der Waals surface area contributed by atoms with Crippen molar-refractivity contribution in [3.63, 3.8) is 0 Å². The minimum Gasteiger partial charge on any atom is -0.394 e. The predicted octanol–water partition coefficient (Wildman–Crippen LogP) is 3.54. The molecule has 3 aromatic heterocycles. The molecule has 0 unspecified atom stereocenters. The van der Waals surface area contributed by atoms with Crippen LogP contribution in [-0.2, 0) is 13.0 Å². The van der Waals surface area contributed by atoms with E-state index in [-0.39, 0.29) is 12.6 Å². The molecule has 0 saturated heterocycles. The van der Waals surface area contributed by atoms with E-state index in [0.717, 1.165) is 40.9 Å². The van der Waals surface area contributed by atoms with Crippen molar-refractivity contribution in [1.82, 2.24) is 24.6 Å². The van der Waals surface area contributed by atoms with E-state index in [4.69, 9.17) is 0 Å². The van der Waals surface area contributed by atoms with Crippen LogP contribution >= 0.6 is 0 Å². The second-order valence-corrected chi connectivity index (χ2v) is 7.33. The van der Waals surface area contributed by atoms with Crippen molar-refractivity contribution in [3.05, 3.63) is 66.0 Å². The highest BCUT2D eigenvalue weighted by atomic mass is 16.3. The standard InChI is InChI=1S/C23H27N7O/c1-3-17-14-26-30-21(17)28-22(27-19(4-2)15-31)29-23(30)25-13-16-8-10-18(11-9-16)20-7-5-6-12-24-20/h5-12,14,19,31H,3-4,13,15H2,1-2H3,(H2,25,27,28,29)/t19-/m0/s1. The van der Waals surface area contributed by atoms with Gasteiger partial charge in [0.2, 0.25) is 11.9 Å². The van der Waals surface area contributed by atoms with Crippen LogP contribution in [0.5, 0.6) is 0 Å². The molecular weight excluding hydrogens is 390 g/mol.